The molecule has 1 N–H and O–H groups in total. The van der Waals surface area contributed by atoms with Gasteiger partial charge in [0.1, 0.15) is 11.9 Å². The average molecular weight is 354 g/mol. The fraction of sp³-hybridized carbons (Fsp3) is 0.375. The van der Waals surface area contributed by atoms with Crippen molar-refractivity contribution < 1.29 is 9.53 Å². The highest BCUT2D eigenvalue weighted by Gasteiger charge is 2.28. The zero-order valence-electron chi connectivity index (χ0n) is 14.0. The number of rotatable bonds is 5. The SMILES string of the molecule is O=C(c1cn[nH]c1-n1cnnn1)N1CCC[C@H](OCc2ccccn2)C1. The zero-order chi connectivity index (χ0) is 17.8. The minimum absolute atomic E-state index is 0.0157. The smallest absolute Gasteiger partial charge is 0.259 e. The fourth-order valence-electron chi connectivity index (χ4n) is 2.99. The summed E-state index contributed by atoms with van der Waals surface area (Å²) >= 11 is 0. The van der Waals surface area contributed by atoms with Crippen LogP contribution in [0.1, 0.15) is 28.9 Å². The van der Waals surface area contributed by atoms with E-state index >= 15 is 0 Å². The van der Waals surface area contributed by atoms with Crippen LogP contribution in [-0.2, 0) is 11.3 Å². The van der Waals surface area contributed by atoms with Gasteiger partial charge < -0.3 is 9.64 Å². The molecule has 0 aliphatic carbocycles. The molecule has 1 aliphatic heterocycles. The molecule has 1 aliphatic rings. The predicted octanol–water partition coefficient (Wildman–Crippen LogP) is 0.602. The molecule has 0 aromatic carbocycles. The summed E-state index contributed by atoms with van der Waals surface area (Å²) in [6, 6.07) is 5.73. The van der Waals surface area contributed by atoms with Crippen molar-refractivity contribution in [1.29, 1.82) is 0 Å². The van der Waals surface area contributed by atoms with Gasteiger partial charge in [-0.1, -0.05) is 6.07 Å². The van der Waals surface area contributed by atoms with Gasteiger partial charge in [0.15, 0.2) is 5.82 Å². The lowest BCUT2D eigenvalue weighted by molar-refractivity contribution is -0.00785. The predicted molar refractivity (Wildman–Crippen MR) is 89.3 cm³/mol. The number of amides is 1. The summed E-state index contributed by atoms with van der Waals surface area (Å²) in [6.07, 6.45) is 6.45. The first kappa shape index (κ1) is 16.3. The lowest BCUT2D eigenvalue weighted by Gasteiger charge is -2.32. The molecule has 1 fully saturated rings. The molecule has 3 aromatic rings. The Balaban J connectivity index is 1.42. The van der Waals surface area contributed by atoms with Crippen molar-refractivity contribution in [3.63, 3.8) is 0 Å². The Labute approximate surface area is 149 Å². The van der Waals surface area contributed by atoms with E-state index in [1.165, 1.54) is 17.2 Å². The molecular formula is C16H18N8O2. The molecule has 26 heavy (non-hydrogen) atoms. The quantitative estimate of drug-likeness (QED) is 0.713. The third-order valence-electron chi connectivity index (χ3n) is 4.29. The molecule has 0 bridgehead atoms. The molecule has 10 heteroatoms. The number of piperidine rings is 1. The van der Waals surface area contributed by atoms with Crippen molar-refractivity contribution in [2.45, 2.75) is 25.6 Å². The van der Waals surface area contributed by atoms with Gasteiger partial charge in [0, 0.05) is 19.3 Å². The first-order valence-corrected chi connectivity index (χ1v) is 8.39. The molecule has 0 saturated carbocycles. The molecule has 134 valence electrons. The highest BCUT2D eigenvalue weighted by atomic mass is 16.5. The van der Waals surface area contributed by atoms with E-state index in [0.29, 0.717) is 31.1 Å². The Morgan fingerprint density at radius 1 is 1.38 bits per heavy atom. The highest BCUT2D eigenvalue weighted by molar-refractivity contribution is 5.97. The van der Waals surface area contributed by atoms with Crippen LogP contribution >= 0.6 is 0 Å². The van der Waals surface area contributed by atoms with Gasteiger partial charge in [-0.2, -0.15) is 9.78 Å². The third-order valence-corrected chi connectivity index (χ3v) is 4.29. The van der Waals surface area contributed by atoms with Gasteiger partial charge in [0.05, 0.1) is 24.6 Å². The van der Waals surface area contributed by atoms with Crippen LogP contribution in [0.25, 0.3) is 5.82 Å². The van der Waals surface area contributed by atoms with Crippen LogP contribution in [-0.4, -0.2) is 65.4 Å². The molecule has 10 nitrogen and oxygen atoms in total. The van der Waals surface area contributed by atoms with E-state index < -0.39 is 0 Å². The Bertz CT molecular complexity index is 848. The van der Waals surface area contributed by atoms with Gasteiger partial charge in [-0.05, 0) is 35.4 Å². The summed E-state index contributed by atoms with van der Waals surface area (Å²) in [5, 5.41) is 17.7. The van der Waals surface area contributed by atoms with E-state index in [-0.39, 0.29) is 12.0 Å². The Morgan fingerprint density at radius 3 is 3.15 bits per heavy atom. The summed E-state index contributed by atoms with van der Waals surface area (Å²) in [6.45, 7) is 1.66. The van der Waals surface area contributed by atoms with Crippen LogP contribution < -0.4 is 0 Å². The van der Waals surface area contributed by atoms with Crippen molar-refractivity contribution >= 4 is 5.91 Å². The number of ether oxygens (including phenoxy) is 1. The summed E-state index contributed by atoms with van der Waals surface area (Å²) in [4.78, 5) is 19.0. The standard InChI is InChI=1S/C16H18N8O2/c25-16(14-8-18-20-15(14)24-11-19-21-22-24)23-7-3-5-13(9-23)26-10-12-4-1-2-6-17-12/h1-2,4,6,8,11,13H,3,5,7,9-10H2,(H,18,20)/t13-/m0/s1. The number of nitrogens with zero attached hydrogens (tertiary/aromatic N) is 7. The van der Waals surface area contributed by atoms with Crippen molar-refractivity contribution in [3.05, 3.63) is 48.2 Å². The number of hydrogen-bond acceptors (Lipinski definition) is 7. The van der Waals surface area contributed by atoms with E-state index in [2.05, 4.69) is 30.7 Å². The first-order valence-electron chi connectivity index (χ1n) is 8.39. The van der Waals surface area contributed by atoms with E-state index in [0.717, 1.165) is 18.5 Å². The normalized spacial score (nSPS) is 17.4. The third kappa shape index (κ3) is 3.45. The van der Waals surface area contributed by atoms with Crippen LogP contribution in [0.3, 0.4) is 0 Å². The molecule has 0 spiro atoms. The Hall–Kier alpha value is -3.14. The Morgan fingerprint density at radius 2 is 2.35 bits per heavy atom. The summed E-state index contributed by atoms with van der Waals surface area (Å²) in [7, 11) is 0. The number of nitrogens with one attached hydrogen (secondary N) is 1. The van der Waals surface area contributed by atoms with Crippen molar-refractivity contribution in [1.82, 2.24) is 40.3 Å². The zero-order valence-corrected chi connectivity index (χ0v) is 14.0. The molecule has 4 heterocycles. The molecular weight excluding hydrogens is 336 g/mol. The van der Waals surface area contributed by atoms with Gasteiger partial charge in [-0.15, -0.1) is 5.10 Å². The van der Waals surface area contributed by atoms with Gasteiger partial charge >= 0.3 is 0 Å². The van der Waals surface area contributed by atoms with Gasteiger partial charge in [0.2, 0.25) is 0 Å². The highest BCUT2D eigenvalue weighted by Crippen LogP contribution is 2.19. The Kier molecular flexibility index (Phi) is 4.65. The number of carbonyl (C=O) groups is 1. The van der Waals surface area contributed by atoms with Crippen LogP contribution in [0, 0.1) is 0 Å². The number of tetrazole rings is 1. The van der Waals surface area contributed by atoms with Gasteiger partial charge in [-0.3, -0.25) is 14.9 Å². The summed E-state index contributed by atoms with van der Waals surface area (Å²) in [5.41, 5.74) is 1.31. The fourth-order valence-corrected chi connectivity index (χ4v) is 2.99. The largest absolute Gasteiger partial charge is 0.370 e. The molecule has 1 atom stereocenters. The maximum Gasteiger partial charge on any atom is 0.259 e. The summed E-state index contributed by atoms with van der Waals surface area (Å²) < 4.78 is 7.34. The van der Waals surface area contributed by atoms with Crippen LogP contribution in [0.5, 0.6) is 0 Å². The van der Waals surface area contributed by atoms with Gasteiger partial charge in [0.25, 0.3) is 5.91 Å². The minimum Gasteiger partial charge on any atom is -0.370 e. The minimum atomic E-state index is -0.115. The molecule has 0 unspecified atom stereocenters. The lowest BCUT2D eigenvalue weighted by atomic mass is 10.1. The molecule has 0 radical (unpaired) electrons. The topological polar surface area (TPSA) is 115 Å². The second kappa shape index (κ2) is 7.40. The molecule has 1 saturated heterocycles. The van der Waals surface area contributed by atoms with E-state index in [1.54, 1.807) is 11.1 Å². The number of carbonyl (C=O) groups excluding carboxylic acids is 1. The van der Waals surface area contributed by atoms with Crippen molar-refractivity contribution in [2.75, 3.05) is 13.1 Å². The molecule has 1 amide bonds. The van der Waals surface area contributed by atoms with E-state index in [9.17, 15) is 4.79 Å². The van der Waals surface area contributed by atoms with Crippen LogP contribution in [0.2, 0.25) is 0 Å². The number of likely N-dealkylation sites (tertiary alicyclic amines) is 1. The van der Waals surface area contributed by atoms with Crippen LogP contribution in [0.4, 0.5) is 0 Å². The number of aromatic amines is 1. The lowest BCUT2D eigenvalue weighted by Crippen LogP contribution is -2.43. The molecule has 4 rings (SSSR count). The second-order valence-corrected chi connectivity index (χ2v) is 6.03. The maximum atomic E-state index is 12.9. The number of aromatic nitrogens is 7. The monoisotopic (exact) mass is 354 g/mol. The number of pyridine rings is 1. The van der Waals surface area contributed by atoms with Crippen LogP contribution in [0.15, 0.2) is 36.9 Å². The van der Waals surface area contributed by atoms with Gasteiger partial charge in [-0.25, -0.2) is 0 Å². The second-order valence-electron chi connectivity index (χ2n) is 6.03. The molecule has 3 aromatic heterocycles. The number of hydrogen-bond donors (Lipinski definition) is 1. The first-order chi connectivity index (χ1) is 12.8. The van der Waals surface area contributed by atoms with E-state index in [1.807, 2.05) is 18.2 Å². The summed E-state index contributed by atoms with van der Waals surface area (Å²) in [5.74, 6) is 0.340. The average Bonchev–Trinajstić information content (AvgIpc) is 3.38. The maximum absolute atomic E-state index is 12.9. The van der Waals surface area contributed by atoms with Crippen molar-refractivity contribution in [3.8, 4) is 5.82 Å². The van der Waals surface area contributed by atoms with Crippen molar-refractivity contribution in [2.24, 2.45) is 0 Å². The number of H-pyrrole nitrogens is 1. The van der Waals surface area contributed by atoms with E-state index in [4.69, 9.17) is 4.74 Å².